The van der Waals surface area contributed by atoms with E-state index in [-0.39, 0.29) is 17.5 Å². The van der Waals surface area contributed by atoms with Crippen molar-refractivity contribution in [3.8, 4) is 0 Å². The fraction of sp³-hybridized carbons (Fsp3) is 0.625. The van der Waals surface area contributed by atoms with Crippen LogP contribution in [0.4, 0.5) is 4.39 Å². The normalized spacial score (nSPS) is 19.8. The van der Waals surface area contributed by atoms with Crippen molar-refractivity contribution in [1.29, 1.82) is 0 Å². The predicted octanol–water partition coefficient (Wildman–Crippen LogP) is 4.07. The molecule has 20 heavy (non-hydrogen) atoms. The monoisotopic (exact) mass is 343 g/mol. The first-order chi connectivity index (χ1) is 9.61. The van der Waals surface area contributed by atoms with Gasteiger partial charge in [0.1, 0.15) is 5.82 Å². The second-order valence-electron chi connectivity index (χ2n) is 5.61. The molecule has 0 aromatic heterocycles. The maximum atomic E-state index is 14.0. The van der Waals surface area contributed by atoms with E-state index < -0.39 is 0 Å². The third kappa shape index (κ3) is 3.41. The third-order valence-electron chi connectivity index (χ3n) is 4.53. The number of hydrogen-bond donors (Lipinski definition) is 1. The molecule has 1 aliphatic rings. The number of likely N-dealkylation sites (N-methyl/N-ethyl adjacent to an activating group) is 1. The van der Waals surface area contributed by atoms with Gasteiger partial charge >= 0.3 is 0 Å². The summed E-state index contributed by atoms with van der Waals surface area (Å²) < 4.78 is 20.7. The van der Waals surface area contributed by atoms with Crippen LogP contribution in [0.2, 0.25) is 0 Å². The third-order valence-corrected chi connectivity index (χ3v) is 5.02. The van der Waals surface area contributed by atoms with E-state index in [1.165, 1.54) is 25.3 Å². The molecule has 0 spiro atoms. The minimum atomic E-state index is -0.160. The first-order valence-corrected chi connectivity index (χ1v) is 8.07. The van der Waals surface area contributed by atoms with Crippen molar-refractivity contribution >= 4 is 15.9 Å². The van der Waals surface area contributed by atoms with Crippen molar-refractivity contribution in [1.82, 2.24) is 5.32 Å². The SMILES string of the molecule is CNC(Cc1ccc(Br)cc1F)C1(OC)CCCCC1. The largest absolute Gasteiger partial charge is 0.377 e. The summed E-state index contributed by atoms with van der Waals surface area (Å²) in [5.41, 5.74) is 0.585. The standard InChI is InChI=1S/C16H23BrFNO/c1-19-15(16(20-2)8-4-3-5-9-16)10-12-6-7-13(17)11-14(12)18/h6-7,11,15,19H,3-5,8-10H2,1-2H3. The molecule has 1 aliphatic carbocycles. The van der Waals surface area contributed by atoms with Gasteiger partial charge in [-0.25, -0.2) is 4.39 Å². The van der Waals surface area contributed by atoms with Crippen LogP contribution in [0.3, 0.4) is 0 Å². The van der Waals surface area contributed by atoms with E-state index in [0.717, 1.165) is 22.9 Å². The van der Waals surface area contributed by atoms with E-state index >= 15 is 0 Å². The Bertz CT molecular complexity index is 446. The molecule has 1 aromatic rings. The van der Waals surface area contributed by atoms with Gasteiger partial charge in [0, 0.05) is 17.6 Å². The van der Waals surface area contributed by atoms with Crippen molar-refractivity contribution in [2.45, 2.75) is 50.2 Å². The molecule has 4 heteroatoms. The highest BCUT2D eigenvalue weighted by molar-refractivity contribution is 9.10. The highest BCUT2D eigenvalue weighted by Gasteiger charge is 2.39. The lowest BCUT2D eigenvalue weighted by molar-refractivity contribution is -0.0658. The van der Waals surface area contributed by atoms with Gasteiger partial charge in [0.25, 0.3) is 0 Å². The molecule has 0 saturated heterocycles. The molecule has 1 atom stereocenters. The van der Waals surface area contributed by atoms with Gasteiger partial charge in [-0.1, -0.05) is 41.3 Å². The molecule has 1 aromatic carbocycles. The van der Waals surface area contributed by atoms with E-state index in [0.29, 0.717) is 6.42 Å². The summed E-state index contributed by atoms with van der Waals surface area (Å²) in [6.45, 7) is 0. The molecule has 0 heterocycles. The number of halogens is 2. The van der Waals surface area contributed by atoms with Crippen molar-refractivity contribution in [2.75, 3.05) is 14.2 Å². The van der Waals surface area contributed by atoms with E-state index in [4.69, 9.17) is 4.74 Å². The van der Waals surface area contributed by atoms with Crippen LogP contribution in [-0.2, 0) is 11.2 Å². The van der Waals surface area contributed by atoms with Crippen LogP contribution in [0.15, 0.2) is 22.7 Å². The second-order valence-corrected chi connectivity index (χ2v) is 6.53. The van der Waals surface area contributed by atoms with Gasteiger partial charge in [-0.15, -0.1) is 0 Å². The fourth-order valence-electron chi connectivity index (χ4n) is 3.30. The summed E-state index contributed by atoms with van der Waals surface area (Å²) in [5.74, 6) is -0.151. The average Bonchev–Trinajstić information content (AvgIpc) is 2.47. The Morgan fingerprint density at radius 3 is 2.60 bits per heavy atom. The molecule has 2 rings (SSSR count). The van der Waals surface area contributed by atoms with Gasteiger partial charge in [0.15, 0.2) is 0 Å². The Balaban J connectivity index is 2.18. The molecular weight excluding hydrogens is 321 g/mol. The Morgan fingerprint density at radius 1 is 1.35 bits per heavy atom. The molecule has 1 N–H and O–H groups in total. The lowest BCUT2D eigenvalue weighted by atomic mass is 9.77. The van der Waals surface area contributed by atoms with Crippen LogP contribution in [0.5, 0.6) is 0 Å². The highest BCUT2D eigenvalue weighted by atomic mass is 79.9. The molecular formula is C16H23BrFNO. The van der Waals surface area contributed by atoms with Gasteiger partial charge in [0.05, 0.1) is 5.60 Å². The molecule has 0 aliphatic heterocycles. The number of nitrogens with one attached hydrogen (secondary N) is 1. The van der Waals surface area contributed by atoms with E-state index in [1.807, 2.05) is 19.2 Å². The molecule has 1 saturated carbocycles. The Labute approximate surface area is 129 Å². The second kappa shape index (κ2) is 7.01. The minimum Gasteiger partial charge on any atom is -0.377 e. The number of hydrogen-bond acceptors (Lipinski definition) is 2. The van der Waals surface area contributed by atoms with Crippen molar-refractivity contribution < 1.29 is 9.13 Å². The van der Waals surface area contributed by atoms with Gasteiger partial charge < -0.3 is 10.1 Å². The zero-order valence-electron chi connectivity index (χ0n) is 12.2. The van der Waals surface area contributed by atoms with E-state index in [2.05, 4.69) is 21.2 Å². The van der Waals surface area contributed by atoms with Crippen LogP contribution < -0.4 is 5.32 Å². The van der Waals surface area contributed by atoms with E-state index in [1.54, 1.807) is 7.11 Å². The number of benzene rings is 1. The Hall–Kier alpha value is -0.450. The predicted molar refractivity (Wildman–Crippen MR) is 83.5 cm³/mol. The molecule has 112 valence electrons. The van der Waals surface area contributed by atoms with Gasteiger partial charge in [-0.05, 0) is 44.0 Å². The van der Waals surface area contributed by atoms with Gasteiger partial charge in [-0.2, -0.15) is 0 Å². The van der Waals surface area contributed by atoms with Crippen molar-refractivity contribution in [2.24, 2.45) is 0 Å². The number of ether oxygens (including phenoxy) is 1. The molecule has 1 unspecified atom stereocenters. The fourth-order valence-corrected chi connectivity index (χ4v) is 3.64. The summed E-state index contributed by atoms with van der Waals surface area (Å²) in [5, 5.41) is 3.35. The molecule has 2 nitrogen and oxygen atoms in total. The highest BCUT2D eigenvalue weighted by Crippen LogP contribution is 2.35. The smallest absolute Gasteiger partial charge is 0.127 e. The maximum Gasteiger partial charge on any atom is 0.127 e. The lowest BCUT2D eigenvalue weighted by Crippen LogP contribution is -2.53. The summed E-state index contributed by atoms with van der Waals surface area (Å²) in [7, 11) is 3.73. The lowest BCUT2D eigenvalue weighted by Gasteiger charge is -2.42. The summed E-state index contributed by atoms with van der Waals surface area (Å²) in [6.07, 6.45) is 6.40. The van der Waals surface area contributed by atoms with Gasteiger partial charge in [0.2, 0.25) is 0 Å². The number of rotatable bonds is 5. The van der Waals surface area contributed by atoms with Gasteiger partial charge in [-0.3, -0.25) is 0 Å². The van der Waals surface area contributed by atoms with Crippen LogP contribution in [0.1, 0.15) is 37.7 Å². The van der Waals surface area contributed by atoms with Crippen LogP contribution in [-0.4, -0.2) is 25.8 Å². The zero-order valence-corrected chi connectivity index (χ0v) is 13.8. The van der Waals surface area contributed by atoms with Crippen molar-refractivity contribution in [3.63, 3.8) is 0 Å². The van der Waals surface area contributed by atoms with Crippen LogP contribution in [0.25, 0.3) is 0 Å². The minimum absolute atomic E-state index is 0.142. The molecule has 1 fully saturated rings. The van der Waals surface area contributed by atoms with Crippen molar-refractivity contribution in [3.05, 3.63) is 34.1 Å². The summed E-state index contributed by atoms with van der Waals surface area (Å²) in [4.78, 5) is 0. The topological polar surface area (TPSA) is 21.3 Å². The Kier molecular flexibility index (Phi) is 5.58. The molecule has 0 bridgehead atoms. The molecule has 0 radical (unpaired) electrons. The summed E-state index contributed by atoms with van der Waals surface area (Å²) >= 11 is 3.30. The average molecular weight is 344 g/mol. The quantitative estimate of drug-likeness (QED) is 0.870. The van der Waals surface area contributed by atoms with Crippen LogP contribution in [0, 0.1) is 5.82 Å². The first kappa shape index (κ1) is 15.9. The summed E-state index contributed by atoms with van der Waals surface area (Å²) in [6, 6.07) is 5.42. The first-order valence-electron chi connectivity index (χ1n) is 7.27. The number of methoxy groups -OCH3 is 1. The Morgan fingerprint density at radius 2 is 2.05 bits per heavy atom. The zero-order chi connectivity index (χ0) is 14.6. The van der Waals surface area contributed by atoms with E-state index in [9.17, 15) is 4.39 Å². The molecule has 0 amide bonds. The van der Waals surface area contributed by atoms with Crippen LogP contribution >= 0.6 is 15.9 Å². The maximum absolute atomic E-state index is 14.0.